The third kappa shape index (κ3) is 6.17. The van der Waals surface area contributed by atoms with Crippen LogP contribution < -0.4 is 5.32 Å². The standard InChI is InChI=1S/C25H24F2N4O5/c1-25(2,3)36-24(34)30-19-12-16(27)11-17(23(33)35-5)20(19)21(32)18(22-28-13-29-31(22)4)10-14-6-8-15(26)9-7-14/h6-13H,1-5H3,(H,30,34)/b18-10-. The zero-order valence-electron chi connectivity index (χ0n) is 20.3. The van der Waals surface area contributed by atoms with Gasteiger partial charge in [-0.05, 0) is 56.7 Å². The van der Waals surface area contributed by atoms with E-state index >= 15 is 0 Å². The van der Waals surface area contributed by atoms with Crippen LogP contribution in [0.25, 0.3) is 11.6 Å². The van der Waals surface area contributed by atoms with Gasteiger partial charge in [-0.1, -0.05) is 12.1 Å². The van der Waals surface area contributed by atoms with E-state index in [0.29, 0.717) is 5.56 Å². The Hall–Kier alpha value is -4.41. The minimum absolute atomic E-state index is 0.0643. The van der Waals surface area contributed by atoms with E-state index in [4.69, 9.17) is 9.47 Å². The number of aryl methyl sites for hydroxylation is 1. The van der Waals surface area contributed by atoms with Crippen molar-refractivity contribution in [3.05, 3.63) is 76.9 Å². The lowest BCUT2D eigenvalue weighted by Crippen LogP contribution is -2.28. The van der Waals surface area contributed by atoms with Crippen LogP contribution in [0.4, 0.5) is 19.3 Å². The first-order chi connectivity index (χ1) is 16.9. The van der Waals surface area contributed by atoms with E-state index in [-0.39, 0.29) is 22.6 Å². The molecule has 0 saturated heterocycles. The maximum absolute atomic E-state index is 14.5. The lowest BCUT2D eigenvalue weighted by molar-refractivity contribution is 0.0593. The summed E-state index contributed by atoms with van der Waals surface area (Å²) in [6.45, 7) is 4.88. The Morgan fingerprint density at radius 3 is 2.28 bits per heavy atom. The van der Waals surface area contributed by atoms with Crippen LogP contribution in [0, 0.1) is 11.6 Å². The molecule has 0 unspecified atom stereocenters. The molecule has 0 fully saturated rings. The second kappa shape index (κ2) is 10.5. The molecule has 3 aromatic rings. The van der Waals surface area contributed by atoms with Crippen molar-refractivity contribution in [2.75, 3.05) is 12.4 Å². The van der Waals surface area contributed by atoms with Crippen LogP contribution in [0.5, 0.6) is 0 Å². The Balaban J connectivity index is 2.24. The van der Waals surface area contributed by atoms with Crippen LogP contribution in [0.15, 0.2) is 42.7 Å². The molecule has 0 bridgehead atoms. The number of allylic oxidation sites excluding steroid dienone is 1. The number of ether oxygens (including phenoxy) is 2. The number of benzene rings is 2. The van der Waals surface area contributed by atoms with Crippen LogP contribution in [-0.4, -0.2) is 45.3 Å². The van der Waals surface area contributed by atoms with Gasteiger partial charge < -0.3 is 9.47 Å². The zero-order chi connectivity index (χ0) is 26.6. The molecule has 0 atom stereocenters. The number of anilines is 1. The SMILES string of the molecule is COC(=O)c1cc(F)cc(NC(=O)OC(C)(C)C)c1C(=O)/C(=C/c1ccc(F)cc1)c1ncnn1C. The molecule has 188 valence electrons. The molecular weight excluding hydrogens is 474 g/mol. The Bertz CT molecular complexity index is 1340. The third-order valence-electron chi connectivity index (χ3n) is 4.75. The van der Waals surface area contributed by atoms with Gasteiger partial charge in [-0.3, -0.25) is 10.1 Å². The number of hydrogen-bond donors (Lipinski definition) is 1. The Morgan fingerprint density at radius 2 is 1.72 bits per heavy atom. The predicted molar refractivity (Wildman–Crippen MR) is 127 cm³/mol. The molecule has 0 saturated carbocycles. The number of esters is 1. The highest BCUT2D eigenvalue weighted by atomic mass is 19.1. The molecule has 1 aromatic heterocycles. The highest BCUT2D eigenvalue weighted by Gasteiger charge is 2.29. The summed E-state index contributed by atoms with van der Waals surface area (Å²) in [6, 6.07) is 6.99. The first-order valence-electron chi connectivity index (χ1n) is 10.7. The second-order valence-corrected chi connectivity index (χ2v) is 8.64. The molecule has 11 heteroatoms. The average Bonchev–Trinajstić information content (AvgIpc) is 3.21. The second-order valence-electron chi connectivity index (χ2n) is 8.64. The Kier molecular flexibility index (Phi) is 7.62. The number of Topliss-reactive ketones (excluding diaryl/α,β-unsaturated/α-hetero) is 1. The molecule has 36 heavy (non-hydrogen) atoms. The van der Waals surface area contributed by atoms with E-state index in [1.54, 1.807) is 27.8 Å². The van der Waals surface area contributed by atoms with Gasteiger partial charge in [0.2, 0.25) is 0 Å². The molecule has 0 aliphatic carbocycles. The number of ketones is 1. The molecule has 1 N–H and O–H groups in total. The minimum atomic E-state index is -1.01. The van der Waals surface area contributed by atoms with E-state index < -0.39 is 40.6 Å². The van der Waals surface area contributed by atoms with Gasteiger partial charge in [-0.25, -0.2) is 28.0 Å². The summed E-state index contributed by atoms with van der Waals surface area (Å²) in [6.07, 6.45) is 1.65. The Morgan fingerprint density at radius 1 is 1.06 bits per heavy atom. The number of methoxy groups -OCH3 is 1. The highest BCUT2D eigenvalue weighted by molar-refractivity contribution is 6.35. The van der Waals surface area contributed by atoms with Gasteiger partial charge in [0.25, 0.3) is 0 Å². The summed E-state index contributed by atoms with van der Waals surface area (Å²) in [7, 11) is 2.61. The summed E-state index contributed by atoms with van der Waals surface area (Å²) in [5.74, 6) is -3.09. The topological polar surface area (TPSA) is 112 Å². The van der Waals surface area contributed by atoms with E-state index in [0.717, 1.165) is 19.2 Å². The van der Waals surface area contributed by atoms with E-state index in [1.165, 1.54) is 41.4 Å². The van der Waals surface area contributed by atoms with Crippen LogP contribution in [0.1, 0.15) is 52.9 Å². The van der Waals surface area contributed by atoms with Gasteiger partial charge in [-0.2, -0.15) is 5.10 Å². The molecule has 9 nitrogen and oxygen atoms in total. The van der Waals surface area contributed by atoms with E-state index in [2.05, 4.69) is 15.4 Å². The number of amides is 1. The fourth-order valence-corrected chi connectivity index (χ4v) is 3.27. The predicted octanol–water partition coefficient (Wildman–Crippen LogP) is 4.65. The minimum Gasteiger partial charge on any atom is -0.465 e. The van der Waals surface area contributed by atoms with Crippen molar-refractivity contribution in [3.8, 4) is 0 Å². The lowest BCUT2D eigenvalue weighted by atomic mass is 9.94. The molecule has 1 heterocycles. The number of carbonyl (C=O) groups excluding carboxylic acids is 3. The normalized spacial score (nSPS) is 11.7. The fraction of sp³-hybridized carbons (Fsp3) is 0.240. The summed E-state index contributed by atoms with van der Waals surface area (Å²) < 4.78 is 39.2. The van der Waals surface area contributed by atoms with Crippen molar-refractivity contribution >= 4 is 35.2 Å². The van der Waals surface area contributed by atoms with E-state index in [1.807, 2.05) is 0 Å². The quantitative estimate of drug-likeness (QED) is 0.299. The van der Waals surface area contributed by atoms with Gasteiger partial charge in [-0.15, -0.1) is 0 Å². The first-order valence-corrected chi connectivity index (χ1v) is 10.7. The van der Waals surface area contributed by atoms with Gasteiger partial charge in [0.15, 0.2) is 11.6 Å². The molecular formula is C25H24F2N4O5. The molecule has 0 aliphatic heterocycles. The number of carbonyl (C=O) groups is 3. The summed E-state index contributed by atoms with van der Waals surface area (Å²) in [4.78, 5) is 43.1. The molecule has 0 spiro atoms. The van der Waals surface area contributed by atoms with Crippen LogP contribution in [-0.2, 0) is 16.5 Å². The summed E-state index contributed by atoms with van der Waals surface area (Å²) in [5, 5.41) is 6.32. The van der Waals surface area contributed by atoms with Crippen molar-refractivity contribution in [1.29, 1.82) is 0 Å². The Labute approximate surface area is 205 Å². The third-order valence-corrected chi connectivity index (χ3v) is 4.75. The van der Waals surface area contributed by atoms with Gasteiger partial charge in [0, 0.05) is 7.05 Å². The monoisotopic (exact) mass is 498 g/mol. The summed E-state index contributed by atoms with van der Waals surface area (Å²) in [5.41, 5.74) is -1.62. The number of aromatic nitrogens is 3. The maximum atomic E-state index is 14.5. The van der Waals surface area contributed by atoms with Gasteiger partial charge in [0.1, 0.15) is 23.6 Å². The molecule has 3 rings (SSSR count). The molecule has 0 aliphatic rings. The molecule has 0 radical (unpaired) electrons. The first kappa shape index (κ1) is 26.2. The van der Waals surface area contributed by atoms with Crippen molar-refractivity contribution in [2.45, 2.75) is 26.4 Å². The number of halogens is 2. The average molecular weight is 498 g/mol. The number of rotatable bonds is 6. The van der Waals surface area contributed by atoms with Crippen molar-refractivity contribution < 1.29 is 32.6 Å². The highest BCUT2D eigenvalue weighted by Crippen LogP contribution is 2.30. The fourth-order valence-electron chi connectivity index (χ4n) is 3.27. The van der Waals surface area contributed by atoms with Crippen molar-refractivity contribution in [1.82, 2.24) is 14.8 Å². The number of hydrogen-bond acceptors (Lipinski definition) is 7. The summed E-state index contributed by atoms with van der Waals surface area (Å²) >= 11 is 0. The molecule has 2 aromatic carbocycles. The van der Waals surface area contributed by atoms with Crippen LogP contribution >= 0.6 is 0 Å². The van der Waals surface area contributed by atoms with Gasteiger partial charge in [0.05, 0.1) is 29.5 Å². The van der Waals surface area contributed by atoms with E-state index in [9.17, 15) is 23.2 Å². The smallest absolute Gasteiger partial charge is 0.412 e. The number of nitrogens with zero attached hydrogens (tertiary/aromatic N) is 3. The molecule has 1 amide bonds. The van der Waals surface area contributed by atoms with Crippen LogP contribution in [0.2, 0.25) is 0 Å². The van der Waals surface area contributed by atoms with Gasteiger partial charge >= 0.3 is 12.1 Å². The van der Waals surface area contributed by atoms with Crippen LogP contribution in [0.3, 0.4) is 0 Å². The zero-order valence-corrected chi connectivity index (χ0v) is 20.3. The number of nitrogens with one attached hydrogen (secondary N) is 1. The van der Waals surface area contributed by atoms with Crippen molar-refractivity contribution in [3.63, 3.8) is 0 Å². The lowest BCUT2D eigenvalue weighted by Gasteiger charge is -2.21. The largest absolute Gasteiger partial charge is 0.465 e. The van der Waals surface area contributed by atoms with Crippen molar-refractivity contribution in [2.24, 2.45) is 7.05 Å². The maximum Gasteiger partial charge on any atom is 0.412 e.